The summed E-state index contributed by atoms with van der Waals surface area (Å²) >= 11 is 0. The van der Waals surface area contributed by atoms with Gasteiger partial charge in [-0.1, -0.05) is 12.1 Å². The lowest BCUT2D eigenvalue weighted by Crippen LogP contribution is -2.21. The van der Waals surface area contributed by atoms with Gasteiger partial charge in [0, 0.05) is 44.0 Å². The minimum Gasteiger partial charge on any atom is -0.492 e. The summed E-state index contributed by atoms with van der Waals surface area (Å²) in [6.07, 6.45) is -3.43. The van der Waals surface area contributed by atoms with E-state index in [2.05, 4.69) is 20.7 Å². The zero-order valence-electron chi connectivity index (χ0n) is 18.8. The molecule has 0 radical (unpaired) electrons. The van der Waals surface area contributed by atoms with Crippen LogP contribution in [-0.4, -0.2) is 65.2 Å². The molecule has 2 heterocycles. The minimum atomic E-state index is -5.08. The summed E-state index contributed by atoms with van der Waals surface area (Å²) in [6, 6.07) is 13.0. The quantitative estimate of drug-likeness (QED) is 0.508. The SMILES string of the molecule is CN(C)c1ncn(-c2cccc(NC(=O)c3cccc4c3CNCCO4)c2)n1.O=C(O)C(F)(F)F. The van der Waals surface area contributed by atoms with E-state index >= 15 is 0 Å². The highest BCUT2D eigenvalue weighted by Gasteiger charge is 2.38. The first-order valence-electron chi connectivity index (χ1n) is 10.3. The number of carboxylic acids is 1. The Bertz CT molecular complexity index is 1200. The Balaban J connectivity index is 0.000000429. The van der Waals surface area contributed by atoms with Crippen molar-refractivity contribution in [3.05, 3.63) is 59.9 Å². The topological polar surface area (TPSA) is 122 Å². The number of nitrogens with zero attached hydrogens (tertiary/aromatic N) is 4. The molecule has 0 fully saturated rings. The standard InChI is InChI=1S/C20H22N6O2.C2HF3O2/c1-25(2)20-22-13-26(24-20)15-6-3-5-14(11-15)23-19(27)16-7-4-8-18-17(16)12-21-9-10-28-18;3-2(4,5)1(6)7/h3-8,11,13,21H,9-10,12H2,1-2H3,(H,23,27);(H,6,7). The number of aromatic nitrogens is 3. The van der Waals surface area contributed by atoms with Crippen LogP contribution in [0.1, 0.15) is 15.9 Å². The van der Waals surface area contributed by atoms with Crippen LogP contribution in [0.5, 0.6) is 5.75 Å². The van der Waals surface area contributed by atoms with Gasteiger partial charge in [0.15, 0.2) is 0 Å². The number of carbonyl (C=O) groups excluding carboxylic acids is 1. The smallest absolute Gasteiger partial charge is 0.490 e. The fourth-order valence-electron chi connectivity index (χ4n) is 3.05. The van der Waals surface area contributed by atoms with Crippen molar-refractivity contribution in [2.24, 2.45) is 0 Å². The number of nitrogens with one attached hydrogen (secondary N) is 2. The van der Waals surface area contributed by atoms with Crippen molar-refractivity contribution >= 4 is 23.5 Å². The van der Waals surface area contributed by atoms with Crippen molar-refractivity contribution in [2.75, 3.05) is 37.5 Å². The Morgan fingerprint density at radius 1 is 1.20 bits per heavy atom. The molecule has 1 aliphatic heterocycles. The second-order valence-corrected chi connectivity index (χ2v) is 7.50. The van der Waals surface area contributed by atoms with Crippen molar-refractivity contribution in [1.29, 1.82) is 0 Å². The van der Waals surface area contributed by atoms with Gasteiger partial charge in [-0.2, -0.15) is 18.2 Å². The van der Waals surface area contributed by atoms with E-state index in [1.54, 1.807) is 11.0 Å². The summed E-state index contributed by atoms with van der Waals surface area (Å²) in [4.78, 5) is 27.9. The lowest BCUT2D eigenvalue weighted by Gasteiger charge is -2.13. The molecule has 1 aromatic heterocycles. The van der Waals surface area contributed by atoms with Gasteiger partial charge in [0.2, 0.25) is 5.95 Å². The number of alkyl halides is 3. The second kappa shape index (κ2) is 10.9. The molecular formula is C22H23F3N6O4. The third kappa shape index (κ3) is 6.69. The highest BCUT2D eigenvalue weighted by atomic mass is 19.4. The van der Waals surface area contributed by atoms with Crippen molar-refractivity contribution in [3.8, 4) is 11.4 Å². The Labute approximate surface area is 198 Å². The first-order chi connectivity index (χ1) is 16.6. The van der Waals surface area contributed by atoms with Crippen LogP contribution in [0.25, 0.3) is 5.69 Å². The average Bonchev–Trinajstić information content (AvgIpc) is 3.18. The predicted molar refractivity (Wildman–Crippen MR) is 121 cm³/mol. The van der Waals surface area contributed by atoms with Crippen LogP contribution in [0.15, 0.2) is 48.8 Å². The molecule has 0 unspecified atom stereocenters. The van der Waals surface area contributed by atoms with E-state index in [1.165, 1.54) is 0 Å². The average molecular weight is 492 g/mol. The van der Waals surface area contributed by atoms with Crippen LogP contribution >= 0.6 is 0 Å². The third-order valence-corrected chi connectivity index (χ3v) is 4.71. The first-order valence-corrected chi connectivity index (χ1v) is 10.3. The maximum atomic E-state index is 12.9. The van der Waals surface area contributed by atoms with Crippen LogP contribution < -0.4 is 20.3 Å². The third-order valence-electron chi connectivity index (χ3n) is 4.71. The largest absolute Gasteiger partial charge is 0.492 e. The lowest BCUT2D eigenvalue weighted by molar-refractivity contribution is -0.192. The number of anilines is 2. The molecule has 35 heavy (non-hydrogen) atoms. The van der Waals surface area contributed by atoms with Crippen LogP contribution in [0.3, 0.4) is 0 Å². The highest BCUT2D eigenvalue weighted by Crippen LogP contribution is 2.25. The minimum absolute atomic E-state index is 0.172. The molecule has 3 aromatic rings. The summed E-state index contributed by atoms with van der Waals surface area (Å²) in [5.41, 5.74) is 2.98. The molecule has 4 rings (SSSR count). The molecule has 0 atom stereocenters. The van der Waals surface area contributed by atoms with E-state index < -0.39 is 12.1 Å². The van der Waals surface area contributed by atoms with E-state index in [0.717, 1.165) is 23.5 Å². The number of carboxylic acid groups (broad SMARTS) is 1. The van der Waals surface area contributed by atoms with Crippen LogP contribution in [0.2, 0.25) is 0 Å². The highest BCUT2D eigenvalue weighted by molar-refractivity contribution is 6.05. The maximum Gasteiger partial charge on any atom is 0.490 e. The van der Waals surface area contributed by atoms with Gasteiger partial charge < -0.3 is 25.4 Å². The van der Waals surface area contributed by atoms with Gasteiger partial charge in [-0.15, -0.1) is 5.10 Å². The van der Waals surface area contributed by atoms with Crippen LogP contribution in [-0.2, 0) is 11.3 Å². The van der Waals surface area contributed by atoms with Gasteiger partial charge in [0.1, 0.15) is 18.7 Å². The Morgan fingerprint density at radius 3 is 2.57 bits per heavy atom. The maximum absolute atomic E-state index is 12.9. The molecule has 10 nitrogen and oxygen atoms in total. The molecule has 3 N–H and O–H groups in total. The number of rotatable bonds is 4. The number of hydrogen-bond donors (Lipinski definition) is 3. The molecule has 0 bridgehead atoms. The number of amides is 1. The summed E-state index contributed by atoms with van der Waals surface area (Å²) in [5, 5.41) is 17.8. The number of hydrogen-bond acceptors (Lipinski definition) is 7. The molecule has 0 spiro atoms. The Kier molecular flexibility index (Phi) is 7.91. The zero-order valence-corrected chi connectivity index (χ0v) is 18.8. The Morgan fingerprint density at radius 2 is 1.91 bits per heavy atom. The van der Waals surface area contributed by atoms with Crippen molar-refractivity contribution < 1.29 is 32.6 Å². The van der Waals surface area contributed by atoms with Gasteiger partial charge in [-0.05, 0) is 30.3 Å². The van der Waals surface area contributed by atoms with E-state index in [0.29, 0.717) is 30.4 Å². The van der Waals surface area contributed by atoms with Crippen molar-refractivity contribution in [3.63, 3.8) is 0 Å². The van der Waals surface area contributed by atoms with Gasteiger partial charge in [0.05, 0.1) is 5.69 Å². The van der Waals surface area contributed by atoms with E-state index in [-0.39, 0.29) is 5.91 Å². The zero-order chi connectivity index (χ0) is 25.6. The molecule has 1 amide bonds. The molecule has 0 saturated carbocycles. The fraction of sp³-hybridized carbons (Fsp3) is 0.273. The van der Waals surface area contributed by atoms with E-state index in [4.69, 9.17) is 14.6 Å². The molecule has 2 aromatic carbocycles. The van der Waals surface area contributed by atoms with E-state index in [1.807, 2.05) is 61.5 Å². The summed E-state index contributed by atoms with van der Waals surface area (Å²) in [7, 11) is 3.77. The molecule has 1 aliphatic rings. The van der Waals surface area contributed by atoms with Gasteiger partial charge in [-0.3, -0.25) is 4.79 Å². The second-order valence-electron chi connectivity index (χ2n) is 7.50. The molecule has 13 heteroatoms. The summed E-state index contributed by atoms with van der Waals surface area (Å²) in [6.45, 7) is 1.95. The normalized spacial score (nSPS) is 12.8. The Hall–Kier alpha value is -4.13. The van der Waals surface area contributed by atoms with E-state index in [9.17, 15) is 18.0 Å². The number of ether oxygens (including phenoxy) is 1. The number of aliphatic carboxylic acids is 1. The summed E-state index contributed by atoms with van der Waals surface area (Å²) < 4.78 is 39.1. The van der Waals surface area contributed by atoms with Crippen LogP contribution in [0.4, 0.5) is 24.8 Å². The van der Waals surface area contributed by atoms with Crippen LogP contribution in [0, 0.1) is 0 Å². The monoisotopic (exact) mass is 492 g/mol. The number of benzene rings is 2. The molecule has 0 aliphatic carbocycles. The number of fused-ring (bicyclic) bond motifs is 1. The lowest BCUT2D eigenvalue weighted by atomic mass is 10.1. The van der Waals surface area contributed by atoms with Gasteiger partial charge >= 0.3 is 12.1 Å². The fourth-order valence-corrected chi connectivity index (χ4v) is 3.05. The van der Waals surface area contributed by atoms with Gasteiger partial charge in [-0.25, -0.2) is 9.48 Å². The molecule has 186 valence electrons. The van der Waals surface area contributed by atoms with Crippen molar-refractivity contribution in [2.45, 2.75) is 12.7 Å². The number of halogens is 3. The molecular weight excluding hydrogens is 469 g/mol. The first kappa shape index (κ1) is 25.5. The summed E-state index contributed by atoms with van der Waals surface area (Å²) in [5.74, 6) is -1.56. The van der Waals surface area contributed by atoms with Crippen molar-refractivity contribution in [1.82, 2.24) is 20.1 Å². The predicted octanol–water partition coefficient (Wildman–Crippen LogP) is 2.70. The van der Waals surface area contributed by atoms with Gasteiger partial charge in [0.25, 0.3) is 5.91 Å². The molecule has 0 saturated heterocycles. The number of carbonyl (C=O) groups is 2.